The first-order chi connectivity index (χ1) is 8.04. The number of hydrogen-bond donors (Lipinski definition) is 1. The molecule has 0 radical (unpaired) electrons. The number of allylic oxidation sites excluding steroid dienone is 1. The summed E-state index contributed by atoms with van der Waals surface area (Å²) < 4.78 is 21.7. The molecule has 0 aromatic carbocycles. The number of rotatable bonds is 5. The second-order valence-electron chi connectivity index (χ2n) is 3.48. The van der Waals surface area contributed by atoms with Crippen LogP contribution in [0.4, 0.5) is 4.39 Å². The molecule has 0 aromatic rings. The monoisotopic (exact) mass is 243 g/mol. The van der Waals surface area contributed by atoms with E-state index in [0.29, 0.717) is 6.42 Å². The Morgan fingerprint density at radius 1 is 1.35 bits per heavy atom. The predicted molar refractivity (Wildman–Crippen MR) is 57.7 cm³/mol. The Bertz CT molecular complexity index is 360. The Balaban J connectivity index is 2.99. The van der Waals surface area contributed by atoms with Crippen molar-refractivity contribution < 1.29 is 23.5 Å². The van der Waals surface area contributed by atoms with Crippen LogP contribution in [0, 0.1) is 0 Å². The summed E-state index contributed by atoms with van der Waals surface area (Å²) in [4.78, 5) is 22.9. The van der Waals surface area contributed by atoms with Crippen molar-refractivity contribution in [2.75, 3.05) is 14.2 Å². The standard InChI is InChI=1S/C11H14FNO4/c1-4-7(13-8-5-6(8)12)9(10(14)16-2)11(15)17-3/h4,6,8,13H,1,5H2,2-3H3. The molecule has 0 aliphatic heterocycles. The molecular formula is C11H14FNO4. The fourth-order valence-electron chi connectivity index (χ4n) is 1.25. The van der Waals surface area contributed by atoms with Crippen LogP contribution in [0.15, 0.2) is 23.9 Å². The maximum atomic E-state index is 12.7. The highest BCUT2D eigenvalue weighted by Gasteiger charge is 2.38. The molecule has 17 heavy (non-hydrogen) atoms. The lowest BCUT2D eigenvalue weighted by Crippen LogP contribution is -2.26. The van der Waals surface area contributed by atoms with Crippen molar-refractivity contribution in [1.29, 1.82) is 0 Å². The van der Waals surface area contributed by atoms with Gasteiger partial charge in [-0.05, 0) is 6.08 Å². The lowest BCUT2D eigenvalue weighted by Gasteiger charge is -2.10. The number of carbonyl (C=O) groups is 2. The molecule has 6 heteroatoms. The summed E-state index contributed by atoms with van der Waals surface area (Å²) in [6.45, 7) is 3.46. The van der Waals surface area contributed by atoms with E-state index in [1.54, 1.807) is 0 Å². The molecule has 2 atom stereocenters. The fourth-order valence-corrected chi connectivity index (χ4v) is 1.25. The molecule has 1 aliphatic rings. The van der Waals surface area contributed by atoms with Crippen LogP contribution in [0.5, 0.6) is 0 Å². The highest BCUT2D eigenvalue weighted by Crippen LogP contribution is 2.26. The number of alkyl halides is 1. The number of ether oxygens (including phenoxy) is 2. The Morgan fingerprint density at radius 2 is 1.82 bits per heavy atom. The van der Waals surface area contributed by atoms with Crippen LogP contribution >= 0.6 is 0 Å². The lowest BCUT2D eigenvalue weighted by molar-refractivity contribution is -0.144. The zero-order valence-corrected chi connectivity index (χ0v) is 9.66. The van der Waals surface area contributed by atoms with Gasteiger partial charge in [0.15, 0.2) is 5.57 Å². The van der Waals surface area contributed by atoms with E-state index in [1.807, 2.05) is 0 Å². The number of methoxy groups -OCH3 is 2. The van der Waals surface area contributed by atoms with Gasteiger partial charge in [0.2, 0.25) is 0 Å². The van der Waals surface area contributed by atoms with Gasteiger partial charge in [0.05, 0.1) is 26.0 Å². The molecule has 94 valence electrons. The van der Waals surface area contributed by atoms with Crippen molar-refractivity contribution >= 4 is 11.9 Å². The highest BCUT2D eigenvalue weighted by atomic mass is 19.1. The summed E-state index contributed by atoms with van der Waals surface area (Å²) in [6, 6.07) is -0.396. The molecule has 2 unspecified atom stereocenters. The average molecular weight is 243 g/mol. The van der Waals surface area contributed by atoms with Gasteiger partial charge in [-0.25, -0.2) is 14.0 Å². The first-order valence-electron chi connectivity index (χ1n) is 4.99. The van der Waals surface area contributed by atoms with E-state index >= 15 is 0 Å². The molecule has 1 N–H and O–H groups in total. The third kappa shape index (κ3) is 3.05. The van der Waals surface area contributed by atoms with E-state index < -0.39 is 24.2 Å². The molecule has 0 saturated heterocycles. The van der Waals surface area contributed by atoms with Crippen LogP contribution in [0.25, 0.3) is 0 Å². The molecule has 1 aliphatic carbocycles. The predicted octanol–water partition coefficient (Wildman–Crippen LogP) is 0.472. The number of carbonyl (C=O) groups excluding carboxylic acids is 2. The van der Waals surface area contributed by atoms with E-state index in [-0.39, 0.29) is 11.3 Å². The molecule has 0 amide bonds. The third-order valence-electron chi connectivity index (χ3n) is 2.31. The lowest BCUT2D eigenvalue weighted by atomic mass is 10.2. The summed E-state index contributed by atoms with van der Waals surface area (Å²) in [5.74, 6) is -1.70. The second-order valence-corrected chi connectivity index (χ2v) is 3.48. The van der Waals surface area contributed by atoms with E-state index in [9.17, 15) is 14.0 Å². The van der Waals surface area contributed by atoms with E-state index in [4.69, 9.17) is 0 Å². The summed E-state index contributed by atoms with van der Waals surface area (Å²) in [5, 5.41) is 2.71. The minimum atomic E-state index is -0.971. The molecule has 1 rings (SSSR count). The Kier molecular flexibility index (Phi) is 4.25. The fraction of sp³-hybridized carbons (Fsp3) is 0.455. The topological polar surface area (TPSA) is 64.6 Å². The van der Waals surface area contributed by atoms with Crippen LogP contribution in [0.2, 0.25) is 0 Å². The largest absolute Gasteiger partial charge is 0.465 e. The summed E-state index contributed by atoms with van der Waals surface area (Å²) in [5.41, 5.74) is -0.196. The quantitative estimate of drug-likeness (QED) is 0.250. The first kappa shape index (κ1) is 13.2. The van der Waals surface area contributed by atoms with Gasteiger partial charge in [-0.2, -0.15) is 0 Å². The molecule has 0 bridgehead atoms. The van der Waals surface area contributed by atoms with Gasteiger partial charge in [-0.15, -0.1) is 0 Å². The Morgan fingerprint density at radius 3 is 2.12 bits per heavy atom. The SMILES string of the molecule is C=CC(NC1CC1F)=C(C(=O)OC)C(=O)OC. The van der Waals surface area contributed by atoms with Gasteiger partial charge in [-0.3, -0.25) is 0 Å². The molecule has 0 heterocycles. The average Bonchev–Trinajstić information content (AvgIpc) is 3.03. The maximum absolute atomic E-state index is 12.7. The first-order valence-corrected chi connectivity index (χ1v) is 4.99. The van der Waals surface area contributed by atoms with E-state index in [1.165, 1.54) is 6.08 Å². The van der Waals surface area contributed by atoms with Crippen molar-refractivity contribution in [3.05, 3.63) is 23.9 Å². The number of esters is 2. The maximum Gasteiger partial charge on any atom is 0.347 e. The third-order valence-corrected chi connectivity index (χ3v) is 2.31. The molecular weight excluding hydrogens is 229 g/mol. The van der Waals surface area contributed by atoms with Crippen molar-refractivity contribution in [2.45, 2.75) is 18.6 Å². The number of nitrogens with one attached hydrogen (secondary N) is 1. The van der Waals surface area contributed by atoms with Gasteiger partial charge < -0.3 is 14.8 Å². The van der Waals surface area contributed by atoms with Gasteiger partial charge >= 0.3 is 11.9 Å². The van der Waals surface area contributed by atoms with Crippen LogP contribution in [-0.2, 0) is 19.1 Å². The number of halogens is 1. The Hall–Kier alpha value is -1.85. The summed E-state index contributed by atoms with van der Waals surface area (Å²) >= 11 is 0. The van der Waals surface area contributed by atoms with E-state index in [0.717, 1.165) is 14.2 Å². The smallest absolute Gasteiger partial charge is 0.347 e. The van der Waals surface area contributed by atoms with Gasteiger partial charge in [0.1, 0.15) is 6.17 Å². The second kappa shape index (κ2) is 5.47. The molecule has 0 aromatic heterocycles. The van der Waals surface area contributed by atoms with Gasteiger partial charge in [0, 0.05) is 6.42 Å². The summed E-state index contributed by atoms with van der Waals surface area (Å²) in [7, 11) is 2.28. The van der Waals surface area contributed by atoms with Crippen LogP contribution in [0.3, 0.4) is 0 Å². The van der Waals surface area contributed by atoms with Crippen molar-refractivity contribution in [1.82, 2.24) is 5.32 Å². The summed E-state index contributed by atoms with van der Waals surface area (Å²) in [6.07, 6.45) is 0.628. The van der Waals surface area contributed by atoms with Crippen molar-refractivity contribution in [3.63, 3.8) is 0 Å². The molecule has 1 saturated carbocycles. The van der Waals surface area contributed by atoms with Crippen molar-refractivity contribution in [3.8, 4) is 0 Å². The minimum absolute atomic E-state index is 0.119. The minimum Gasteiger partial charge on any atom is -0.465 e. The zero-order valence-electron chi connectivity index (χ0n) is 9.66. The zero-order chi connectivity index (χ0) is 13.0. The van der Waals surface area contributed by atoms with Crippen LogP contribution in [0.1, 0.15) is 6.42 Å². The van der Waals surface area contributed by atoms with Crippen LogP contribution in [-0.4, -0.2) is 38.4 Å². The van der Waals surface area contributed by atoms with Crippen LogP contribution < -0.4 is 5.32 Å². The Labute approximate surface area is 98.3 Å². The molecule has 0 spiro atoms. The van der Waals surface area contributed by atoms with E-state index in [2.05, 4.69) is 21.4 Å². The van der Waals surface area contributed by atoms with Gasteiger partial charge in [-0.1, -0.05) is 6.58 Å². The van der Waals surface area contributed by atoms with Gasteiger partial charge in [0.25, 0.3) is 0 Å². The number of hydrogen-bond acceptors (Lipinski definition) is 5. The highest BCUT2D eigenvalue weighted by molar-refractivity contribution is 6.15. The molecule has 1 fully saturated rings. The normalized spacial score (nSPS) is 21.1. The molecule has 5 nitrogen and oxygen atoms in total. The van der Waals surface area contributed by atoms with Crippen molar-refractivity contribution in [2.24, 2.45) is 0 Å².